The molecule has 0 fully saturated rings. The molecule has 1 heterocycles. The monoisotopic (exact) mass is 842 g/mol. The second-order valence-electron chi connectivity index (χ2n) is 16.8. The molecule has 0 bridgehead atoms. The van der Waals surface area contributed by atoms with E-state index in [1.54, 1.807) is 0 Å². The van der Waals surface area contributed by atoms with Crippen LogP contribution < -0.4 is 4.90 Å². The van der Waals surface area contributed by atoms with Gasteiger partial charge in [0.05, 0.1) is 5.69 Å². The lowest BCUT2D eigenvalue weighted by Crippen LogP contribution is -2.11. The molecule has 12 aromatic rings. The first-order chi connectivity index (χ1) is 32.7. The normalized spacial score (nSPS) is 11.3. The van der Waals surface area contributed by atoms with Crippen molar-refractivity contribution in [1.82, 2.24) is 4.98 Å². The third-order valence-electron chi connectivity index (χ3n) is 12.7. The lowest BCUT2D eigenvalue weighted by molar-refractivity contribution is 0.623. The molecule has 0 atom stereocenters. The summed E-state index contributed by atoms with van der Waals surface area (Å²) in [5.74, 6) is 0.640. The molecule has 3 heteroatoms. The van der Waals surface area contributed by atoms with Crippen molar-refractivity contribution >= 4 is 49.7 Å². The van der Waals surface area contributed by atoms with E-state index in [0.717, 1.165) is 61.2 Å². The summed E-state index contributed by atoms with van der Waals surface area (Å²) < 4.78 is 6.31. The molecule has 0 amide bonds. The van der Waals surface area contributed by atoms with Crippen molar-refractivity contribution in [3.8, 4) is 67.1 Å². The predicted octanol–water partition coefficient (Wildman–Crippen LogP) is 17.6. The summed E-state index contributed by atoms with van der Waals surface area (Å²) in [4.78, 5) is 7.18. The number of rotatable bonds is 9. The molecule has 310 valence electrons. The zero-order valence-corrected chi connectivity index (χ0v) is 36.1. The SMILES string of the molecule is c1ccc(-c2ccc(-c3cccc(N(c4ccc5cc(-c6ccc(-c7ccc8c(ccc9nc(-c%10ccccc%10)oc98)c7)cc6)ccc5c4)c4ccccc4-c4ccccc4)c3)cc2)cc1. The fraction of sp³-hybridized carbons (Fsp3) is 0. The second-order valence-corrected chi connectivity index (χ2v) is 16.8. The van der Waals surface area contributed by atoms with Crippen LogP contribution in [0.15, 0.2) is 259 Å². The van der Waals surface area contributed by atoms with Crippen LogP contribution in [-0.4, -0.2) is 4.98 Å². The molecular weight excluding hydrogens is 801 g/mol. The van der Waals surface area contributed by atoms with Gasteiger partial charge in [0, 0.05) is 27.9 Å². The number of nitrogens with zero attached hydrogens (tertiary/aromatic N) is 2. The lowest BCUT2D eigenvalue weighted by atomic mass is 9.96. The van der Waals surface area contributed by atoms with Crippen molar-refractivity contribution in [2.45, 2.75) is 0 Å². The number of benzene rings is 11. The molecule has 3 nitrogen and oxygen atoms in total. The highest BCUT2D eigenvalue weighted by Crippen LogP contribution is 2.43. The van der Waals surface area contributed by atoms with Crippen LogP contribution in [0.2, 0.25) is 0 Å². The van der Waals surface area contributed by atoms with Gasteiger partial charge in [0.15, 0.2) is 5.58 Å². The van der Waals surface area contributed by atoms with Gasteiger partial charge in [0.25, 0.3) is 0 Å². The van der Waals surface area contributed by atoms with E-state index in [9.17, 15) is 0 Å². The molecule has 0 aliphatic carbocycles. The quantitative estimate of drug-likeness (QED) is 0.145. The molecule has 0 unspecified atom stereocenters. The van der Waals surface area contributed by atoms with E-state index in [4.69, 9.17) is 9.40 Å². The number of oxazole rings is 1. The Kier molecular flexibility index (Phi) is 9.85. The fourth-order valence-corrected chi connectivity index (χ4v) is 9.27. The van der Waals surface area contributed by atoms with Crippen LogP contribution in [0.4, 0.5) is 17.1 Å². The number of hydrogen-bond acceptors (Lipinski definition) is 3. The van der Waals surface area contributed by atoms with E-state index in [0.29, 0.717) is 5.89 Å². The second kappa shape index (κ2) is 16.7. The Labute approximate surface area is 384 Å². The third kappa shape index (κ3) is 7.39. The van der Waals surface area contributed by atoms with Gasteiger partial charge in [-0.3, -0.25) is 0 Å². The molecule has 0 aliphatic rings. The molecule has 0 radical (unpaired) electrons. The number of anilines is 3. The minimum atomic E-state index is 0.640. The molecule has 0 saturated carbocycles. The molecule has 0 N–H and O–H groups in total. The minimum absolute atomic E-state index is 0.640. The summed E-state index contributed by atoms with van der Waals surface area (Å²) in [7, 11) is 0. The average molecular weight is 843 g/mol. The van der Waals surface area contributed by atoms with E-state index in [1.807, 2.05) is 30.3 Å². The van der Waals surface area contributed by atoms with Crippen LogP contribution in [0.5, 0.6) is 0 Å². The van der Waals surface area contributed by atoms with E-state index >= 15 is 0 Å². The molecule has 0 spiro atoms. The minimum Gasteiger partial charge on any atom is -0.435 e. The number of fused-ring (bicyclic) bond motifs is 4. The van der Waals surface area contributed by atoms with Gasteiger partial charge in [-0.25, -0.2) is 4.98 Å². The summed E-state index contributed by atoms with van der Waals surface area (Å²) in [5, 5.41) is 4.55. The smallest absolute Gasteiger partial charge is 0.227 e. The molecular formula is C63H42N2O. The maximum atomic E-state index is 6.31. The van der Waals surface area contributed by atoms with Gasteiger partial charge in [-0.1, -0.05) is 188 Å². The summed E-state index contributed by atoms with van der Waals surface area (Å²) in [5.41, 5.74) is 17.7. The molecule has 0 saturated heterocycles. The Morgan fingerprint density at radius 2 is 0.773 bits per heavy atom. The average Bonchev–Trinajstić information content (AvgIpc) is 3.85. The zero-order valence-electron chi connectivity index (χ0n) is 36.1. The van der Waals surface area contributed by atoms with Crippen molar-refractivity contribution < 1.29 is 4.42 Å². The summed E-state index contributed by atoms with van der Waals surface area (Å²) in [6.07, 6.45) is 0. The summed E-state index contributed by atoms with van der Waals surface area (Å²) in [6.45, 7) is 0. The lowest BCUT2D eigenvalue weighted by Gasteiger charge is -2.28. The topological polar surface area (TPSA) is 29.3 Å². The van der Waals surface area contributed by atoms with Crippen molar-refractivity contribution in [1.29, 1.82) is 0 Å². The van der Waals surface area contributed by atoms with Gasteiger partial charge in [0.1, 0.15) is 5.52 Å². The van der Waals surface area contributed by atoms with Crippen LogP contribution in [0, 0.1) is 0 Å². The van der Waals surface area contributed by atoms with Gasteiger partial charge < -0.3 is 9.32 Å². The maximum absolute atomic E-state index is 6.31. The summed E-state index contributed by atoms with van der Waals surface area (Å²) in [6, 6.07) is 91.1. The van der Waals surface area contributed by atoms with Crippen LogP contribution in [0.3, 0.4) is 0 Å². The highest BCUT2D eigenvalue weighted by Gasteiger charge is 2.19. The van der Waals surface area contributed by atoms with Crippen LogP contribution >= 0.6 is 0 Å². The highest BCUT2D eigenvalue weighted by atomic mass is 16.3. The molecule has 11 aromatic carbocycles. The van der Waals surface area contributed by atoms with Crippen LogP contribution in [-0.2, 0) is 0 Å². The van der Waals surface area contributed by atoms with E-state index in [-0.39, 0.29) is 0 Å². The van der Waals surface area contributed by atoms with Crippen molar-refractivity contribution in [2.75, 3.05) is 4.90 Å². The largest absolute Gasteiger partial charge is 0.435 e. The number of para-hydroxylation sites is 1. The number of aromatic nitrogens is 1. The van der Waals surface area contributed by atoms with Crippen molar-refractivity contribution in [3.05, 3.63) is 255 Å². The maximum Gasteiger partial charge on any atom is 0.227 e. The van der Waals surface area contributed by atoms with E-state index < -0.39 is 0 Å². The zero-order chi connectivity index (χ0) is 43.8. The van der Waals surface area contributed by atoms with Gasteiger partial charge in [-0.15, -0.1) is 0 Å². The first-order valence-electron chi connectivity index (χ1n) is 22.4. The van der Waals surface area contributed by atoms with Crippen LogP contribution in [0.1, 0.15) is 0 Å². The Bertz CT molecular complexity index is 3670. The molecule has 1 aromatic heterocycles. The first-order valence-corrected chi connectivity index (χ1v) is 22.4. The highest BCUT2D eigenvalue weighted by molar-refractivity contribution is 6.05. The summed E-state index contributed by atoms with van der Waals surface area (Å²) >= 11 is 0. The van der Waals surface area contributed by atoms with Gasteiger partial charge in [-0.2, -0.15) is 0 Å². The van der Waals surface area contributed by atoms with Crippen LogP contribution in [0.25, 0.3) is 99.7 Å². The van der Waals surface area contributed by atoms with E-state index in [1.165, 1.54) is 49.7 Å². The van der Waals surface area contributed by atoms with Gasteiger partial charge in [0.2, 0.25) is 5.89 Å². The standard InChI is InChI=1S/C63H42N2O/c1-4-13-43(14-5-1)44-23-25-45(26-24-44)50-19-12-20-56(41-50)65(61-22-11-10-21-58(61)48-15-6-2-7-16-48)57-36-33-53-39-51(31-32-54(53)42-57)46-27-29-47(30-28-46)52-34-37-59-55(40-52)35-38-60-62(59)66-63(64-60)49-17-8-3-9-18-49/h1-42H. The molecule has 12 rings (SSSR count). The van der Waals surface area contributed by atoms with Crippen molar-refractivity contribution in [3.63, 3.8) is 0 Å². The van der Waals surface area contributed by atoms with Gasteiger partial charge >= 0.3 is 0 Å². The Morgan fingerprint density at radius 1 is 0.303 bits per heavy atom. The third-order valence-corrected chi connectivity index (χ3v) is 12.7. The molecule has 66 heavy (non-hydrogen) atoms. The Morgan fingerprint density at radius 3 is 1.47 bits per heavy atom. The first kappa shape index (κ1) is 38.9. The number of hydrogen-bond donors (Lipinski definition) is 0. The van der Waals surface area contributed by atoms with Gasteiger partial charge in [-0.05, 0) is 133 Å². The predicted molar refractivity (Wildman–Crippen MR) is 276 cm³/mol. The Hall–Kier alpha value is -8.79. The van der Waals surface area contributed by atoms with Crippen molar-refractivity contribution in [2.24, 2.45) is 0 Å². The Balaban J connectivity index is 0.862. The fourth-order valence-electron chi connectivity index (χ4n) is 9.27. The molecule has 0 aliphatic heterocycles. The van der Waals surface area contributed by atoms with E-state index in [2.05, 4.69) is 229 Å².